The zero-order valence-electron chi connectivity index (χ0n) is 16.6. The first-order valence-electron chi connectivity index (χ1n) is 9.73. The number of carbonyl (C=O) groups excluding carboxylic acids is 3. The van der Waals surface area contributed by atoms with Crippen LogP contribution in [0.3, 0.4) is 0 Å². The summed E-state index contributed by atoms with van der Waals surface area (Å²) in [6, 6.07) is -0.829. The Kier molecular flexibility index (Phi) is 6.55. The number of carboxylic acid groups (broad SMARTS) is 1. The van der Waals surface area contributed by atoms with Gasteiger partial charge in [-0.05, 0) is 25.3 Å². The minimum absolute atomic E-state index is 0.118. The second-order valence-corrected chi connectivity index (χ2v) is 9.06. The zero-order valence-corrected chi connectivity index (χ0v) is 18.2. The van der Waals surface area contributed by atoms with E-state index in [1.54, 1.807) is 5.38 Å². The van der Waals surface area contributed by atoms with E-state index in [1.165, 1.54) is 22.9 Å². The third-order valence-electron chi connectivity index (χ3n) is 4.98. The number of anilines is 1. The maximum atomic E-state index is 13.0. The SMILES string of the molecule is O=CNc1nc(C(=NOC2C=CCCC2)C(=O)NC2C(=O)N3C=C(C(=O)O)CS[C@H]23)cs1. The number of β-lactam (4-membered cyclic amide) rings is 1. The molecule has 3 amide bonds. The lowest BCUT2D eigenvalue weighted by Crippen LogP contribution is -2.69. The van der Waals surface area contributed by atoms with E-state index in [2.05, 4.69) is 20.8 Å². The highest BCUT2D eigenvalue weighted by Gasteiger charge is 2.50. The van der Waals surface area contributed by atoms with Gasteiger partial charge in [0.05, 0.1) is 5.57 Å². The van der Waals surface area contributed by atoms with Crippen LogP contribution >= 0.6 is 23.1 Å². The molecule has 1 saturated heterocycles. The first-order valence-corrected chi connectivity index (χ1v) is 11.7. The summed E-state index contributed by atoms with van der Waals surface area (Å²) in [7, 11) is 0. The van der Waals surface area contributed by atoms with Gasteiger partial charge in [0.25, 0.3) is 11.8 Å². The molecule has 2 aliphatic heterocycles. The van der Waals surface area contributed by atoms with Crippen molar-refractivity contribution in [2.45, 2.75) is 36.8 Å². The van der Waals surface area contributed by atoms with Gasteiger partial charge in [-0.1, -0.05) is 11.2 Å². The van der Waals surface area contributed by atoms with E-state index in [9.17, 15) is 19.2 Å². The summed E-state index contributed by atoms with van der Waals surface area (Å²) < 4.78 is 0. The number of nitrogens with one attached hydrogen (secondary N) is 2. The average molecular weight is 478 g/mol. The molecule has 0 spiro atoms. The molecule has 3 N–H and O–H groups in total. The maximum absolute atomic E-state index is 13.0. The fourth-order valence-corrected chi connectivity index (χ4v) is 5.24. The molecular formula is C19H19N5O6S2. The van der Waals surface area contributed by atoms with Crippen LogP contribution in [0.5, 0.6) is 0 Å². The van der Waals surface area contributed by atoms with Crippen molar-refractivity contribution < 1.29 is 29.1 Å². The van der Waals surface area contributed by atoms with Crippen LogP contribution in [0.15, 0.2) is 34.5 Å². The highest BCUT2D eigenvalue weighted by molar-refractivity contribution is 8.00. The number of thioether (sulfide) groups is 1. The first-order chi connectivity index (χ1) is 15.5. The minimum Gasteiger partial charge on any atom is -0.478 e. The second kappa shape index (κ2) is 9.53. The van der Waals surface area contributed by atoms with Gasteiger partial charge in [-0.25, -0.2) is 9.78 Å². The molecule has 1 aliphatic carbocycles. The lowest BCUT2D eigenvalue weighted by atomic mass is 10.1. The van der Waals surface area contributed by atoms with E-state index in [4.69, 9.17) is 9.94 Å². The molecule has 1 aromatic heterocycles. The fraction of sp³-hybridized carbons (Fsp3) is 0.368. The number of hydrogen-bond acceptors (Lipinski definition) is 9. The molecule has 168 valence electrons. The summed E-state index contributed by atoms with van der Waals surface area (Å²) in [5.74, 6) is -1.92. The Bertz CT molecular complexity index is 1040. The lowest BCUT2D eigenvalue weighted by Gasteiger charge is -2.46. The quantitative estimate of drug-likeness (QED) is 0.164. The number of amides is 3. The zero-order chi connectivity index (χ0) is 22.7. The Morgan fingerprint density at radius 2 is 2.25 bits per heavy atom. The number of carboxylic acids is 1. The summed E-state index contributed by atoms with van der Waals surface area (Å²) in [6.45, 7) is 0. The number of hydrogen-bond donors (Lipinski definition) is 3. The van der Waals surface area contributed by atoms with Crippen LogP contribution < -0.4 is 10.6 Å². The third kappa shape index (κ3) is 4.53. The standard InChI is InChI=1S/C19H19N5O6S2/c25-9-20-19-21-12(8-32-19)13(23-30-11-4-2-1-3-5-11)15(26)22-14-16(27)24-6-10(18(28)29)7-31-17(14)24/h2,4,6,8-9,11,14,17H,1,3,5,7H2,(H,22,26)(H,28,29)(H,20,21,25)/t11?,14?,17-/m1/s1. The van der Waals surface area contributed by atoms with E-state index >= 15 is 0 Å². The molecule has 0 saturated carbocycles. The lowest BCUT2D eigenvalue weighted by molar-refractivity contribution is -0.144. The highest BCUT2D eigenvalue weighted by Crippen LogP contribution is 2.36. The van der Waals surface area contributed by atoms with Crippen LogP contribution in [-0.4, -0.2) is 68.2 Å². The van der Waals surface area contributed by atoms with Crippen LogP contribution in [0.4, 0.5) is 5.13 Å². The number of rotatable bonds is 8. The van der Waals surface area contributed by atoms with Gasteiger partial charge < -0.3 is 25.5 Å². The molecule has 1 fully saturated rings. The topological polar surface area (TPSA) is 150 Å². The van der Waals surface area contributed by atoms with Gasteiger partial charge >= 0.3 is 5.97 Å². The third-order valence-corrected chi connectivity index (χ3v) is 7.07. The number of aliphatic carboxylic acids is 1. The molecule has 2 unspecified atom stereocenters. The van der Waals surface area contributed by atoms with E-state index < -0.39 is 29.2 Å². The van der Waals surface area contributed by atoms with Crippen LogP contribution in [0.1, 0.15) is 25.0 Å². The molecule has 1 aromatic rings. The molecule has 3 atom stereocenters. The molecule has 3 aliphatic rings. The van der Waals surface area contributed by atoms with E-state index in [0.29, 0.717) is 6.41 Å². The van der Waals surface area contributed by atoms with Crippen molar-refractivity contribution in [3.05, 3.63) is 35.0 Å². The number of nitrogens with zero attached hydrogens (tertiary/aromatic N) is 3. The van der Waals surface area contributed by atoms with Crippen molar-refractivity contribution in [1.82, 2.24) is 15.2 Å². The first kappa shape index (κ1) is 22.0. The second-order valence-electron chi connectivity index (χ2n) is 7.10. The van der Waals surface area contributed by atoms with Gasteiger partial charge in [0.2, 0.25) is 6.41 Å². The molecular weight excluding hydrogens is 458 g/mol. The van der Waals surface area contributed by atoms with Crippen LogP contribution in [0.2, 0.25) is 0 Å². The van der Waals surface area contributed by atoms with Crippen LogP contribution in [-0.2, 0) is 24.0 Å². The van der Waals surface area contributed by atoms with E-state index in [1.807, 2.05) is 12.2 Å². The van der Waals surface area contributed by atoms with Crippen LogP contribution in [0, 0.1) is 0 Å². The minimum atomic E-state index is -1.08. The monoisotopic (exact) mass is 477 g/mol. The largest absolute Gasteiger partial charge is 0.478 e. The Balaban J connectivity index is 1.50. The van der Waals surface area contributed by atoms with Gasteiger partial charge in [0.15, 0.2) is 10.8 Å². The van der Waals surface area contributed by atoms with Gasteiger partial charge in [-0.15, -0.1) is 23.1 Å². The predicted molar refractivity (Wildman–Crippen MR) is 117 cm³/mol. The molecule has 4 rings (SSSR count). The van der Waals surface area contributed by atoms with Crippen molar-refractivity contribution in [1.29, 1.82) is 0 Å². The summed E-state index contributed by atoms with van der Waals surface area (Å²) >= 11 is 2.37. The van der Waals surface area contributed by atoms with Gasteiger partial charge in [0, 0.05) is 17.3 Å². The van der Waals surface area contributed by atoms with Gasteiger partial charge in [-0.2, -0.15) is 0 Å². The van der Waals surface area contributed by atoms with E-state index in [0.717, 1.165) is 30.6 Å². The summed E-state index contributed by atoms with van der Waals surface area (Å²) in [5, 5.41) is 19.6. The van der Waals surface area contributed by atoms with Crippen LogP contribution in [0.25, 0.3) is 0 Å². The maximum Gasteiger partial charge on any atom is 0.333 e. The normalized spacial score (nSPS) is 24.7. The molecule has 11 nitrogen and oxygen atoms in total. The summed E-state index contributed by atoms with van der Waals surface area (Å²) in [6.07, 6.45) is 8.04. The molecule has 3 heterocycles. The smallest absolute Gasteiger partial charge is 0.333 e. The van der Waals surface area contributed by atoms with Gasteiger partial charge in [-0.3, -0.25) is 14.4 Å². The predicted octanol–water partition coefficient (Wildman–Crippen LogP) is 0.909. The number of oxime groups is 1. The number of allylic oxidation sites excluding steroid dienone is 1. The Morgan fingerprint density at radius 3 is 2.97 bits per heavy atom. The molecule has 32 heavy (non-hydrogen) atoms. The van der Waals surface area contributed by atoms with Gasteiger partial charge in [0.1, 0.15) is 23.2 Å². The van der Waals surface area contributed by atoms with Crippen molar-refractivity contribution in [3.8, 4) is 0 Å². The number of fused-ring (bicyclic) bond motifs is 1. The average Bonchev–Trinajstić information content (AvgIpc) is 3.26. The highest BCUT2D eigenvalue weighted by atomic mass is 32.2. The number of carbonyl (C=O) groups is 4. The van der Waals surface area contributed by atoms with Crippen molar-refractivity contribution in [2.75, 3.05) is 11.1 Å². The fourth-order valence-electron chi connectivity index (χ4n) is 3.33. The molecule has 0 aromatic carbocycles. The number of thiazole rings is 1. The summed E-state index contributed by atoms with van der Waals surface area (Å²) in [5.41, 5.74) is 0.205. The number of aromatic nitrogens is 1. The molecule has 0 bridgehead atoms. The molecule has 0 radical (unpaired) electrons. The van der Waals surface area contributed by atoms with Crippen molar-refractivity contribution in [2.24, 2.45) is 5.16 Å². The molecule has 13 heteroatoms. The summed E-state index contributed by atoms with van der Waals surface area (Å²) in [4.78, 5) is 58.3. The Hall–Kier alpha value is -3.19. The Morgan fingerprint density at radius 1 is 1.41 bits per heavy atom. The van der Waals surface area contributed by atoms with E-state index in [-0.39, 0.29) is 34.0 Å². The Labute approximate surface area is 190 Å². The van der Waals surface area contributed by atoms with Crippen molar-refractivity contribution >= 4 is 58.1 Å². The van der Waals surface area contributed by atoms with Crippen molar-refractivity contribution in [3.63, 3.8) is 0 Å².